The van der Waals surface area contributed by atoms with Gasteiger partial charge in [0, 0.05) is 25.9 Å². The van der Waals surface area contributed by atoms with Crippen LogP contribution in [0.3, 0.4) is 0 Å². The molecule has 1 rings (SSSR count). The van der Waals surface area contributed by atoms with Crippen LogP contribution in [0.1, 0.15) is 0 Å². The first-order valence-electron chi connectivity index (χ1n) is 7.20. The highest BCUT2D eigenvalue weighted by molar-refractivity contribution is 7.90. The van der Waals surface area contributed by atoms with Crippen LogP contribution in [0.25, 0.3) is 0 Å². The summed E-state index contributed by atoms with van der Waals surface area (Å²) in [6, 6.07) is 6.96. The molecule has 0 aliphatic rings. The van der Waals surface area contributed by atoms with Crippen molar-refractivity contribution in [3.8, 4) is 11.5 Å². The van der Waals surface area contributed by atoms with E-state index in [1.807, 2.05) is 11.9 Å². The first-order valence-corrected chi connectivity index (χ1v) is 9.26. The van der Waals surface area contributed by atoms with Crippen LogP contribution in [0.15, 0.2) is 24.3 Å². The van der Waals surface area contributed by atoms with Crippen molar-refractivity contribution in [1.29, 1.82) is 0 Å². The molecule has 0 unspecified atom stereocenters. The highest BCUT2D eigenvalue weighted by Gasteiger charge is 2.07. The summed E-state index contributed by atoms with van der Waals surface area (Å²) in [5.41, 5.74) is 0. The molecule has 1 aromatic rings. The normalized spacial score (nSPS) is 11.3. The van der Waals surface area contributed by atoms with E-state index in [0.29, 0.717) is 25.4 Å². The summed E-state index contributed by atoms with van der Waals surface area (Å²) >= 11 is 0. The molecular weight excluding hydrogens is 320 g/mol. The molecule has 130 valence electrons. The average Bonchev–Trinajstić information content (AvgIpc) is 2.51. The number of methoxy groups -OCH3 is 1. The number of likely N-dealkylation sites (N-methyl/N-ethyl adjacent to an activating group) is 1. The lowest BCUT2D eigenvalue weighted by Crippen LogP contribution is -2.37. The monoisotopic (exact) mass is 344 g/mol. The molecule has 0 fully saturated rings. The minimum absolute atomic E-state index is 0.0701. The van der Waals surface area contributed by atoms with E-state index in [-0.39, 0.29) is 18.3 Å². The van der Waals surface area contributed by atoms with Gasteiger partial charge in [0.25, 0.3) is 5.91 Å². The Balaban J connectivity index is 2.18. The number of hydrogen-bond donors (Lipinski definition) is 1. The molecule has 0 atom stereocenters. The highest BCUT2D eigenvalue weighted by atomic mass is 32.2. The van der Waals surface area contributed by atoms with Crippen molar-refractivity contribution in [2.24, 2.45) is 0 Å². The maximum atomic E-state index is 11.7. The second kappa shape index (κ2) is 9.36. The lowest BCUT2D eigenvalue weighted by atomic mass is 10.3. The number of carbonyl (C=O) groups excluding carboxylic acids is 1. The largest absolute Gasteiger partial charge is 0.497 e. The van der Waals surface area contributed by atoms with Gasteiger partial charge in [-0.1, -0.05) is 0 Å². The van der Waals surface area contributed by atoms with E-state index >= 15 is 0 Å². The van der Waals surface area contributed by atoms with Gasteiger partial charge in [0.15, 0.2) is 6.61 Å². The van der Waals surface area contributed by atoms with Crippen LogP contribution in [-0.2, 0) is 14.6 Å². The molecule has 0 heterocycles. The van der Waals surface area contributed by atoms with E-state index in [4.69, 9.17) is 9.47 Å². The third-order valence-electron chi connectivity index (χ3n) is 3.09. The van der Waals surface area contributed by atoms with Crippen LogP contribution in [0, 0.1) is 0 Å². The Kier molecular flexibility index (Phi) is 7.84. The van der Waals surface area contributed by atoms with E-state index in [1.165, 1.54) is 6.26 Å². The number of nitrogens with zero attached hydrogens (tertiary/aromatic N) is 1. The zero-order valence-corrected chi connectivity index (χ0v) is 14.6. The molecule has 0 bridgehead atoms. The van der Waals surface area contributed by atoms with Crippen molar-refractivity contribution in [3.63, 3.8) is 0 Å². The van der Waals surface area contributed by atoms with Crippen molar-refractivity contribution >= 4 is 15.7 Å². The predicted molar refractivity (Wildman–Crippen MR) is 88.7 cm³/mol. The van der Waals surface area contributed by atoms with Gasteiger partial charge in [-0.2, -0.15) is 0 Å². The average molecular weight is 344 g/mol. The van der Waals surface area contributed by atoms with Gasteiger partial charge in [-0.05, 0) is 31.3 Å². The van der Waals surface area contributed by atoms with Gasteiger partial charge in [-0.3, -0.25) is 4.79 Å². The lowest BCUT2D eigenvalue weighted by molar-refractivity contribution is -0.123. The summed E-state index contributed by atoms with van der Waals surface area (Å²) in [5, 5.41) is 2.72. The second-order valence-corrected chi connectivity index (χ2v) is 7.51. The molecule has 23 heavy (non-hydrogen) atoms. The number of nitrogens with one attached hydrogen (secondary N) is 1. The second-order valence-electron chi connectivity index (χ2n) is 5.25. The maximum Gasteiger partial charge on any atom is 0.257 e. The Morgan fingerprint density at radius 3 is 2.35 bits per heavy atom. The summed E-state index contributed by atoms with van der Waals surface area (Å²) in [5.74, 6) is 1.19. The van der Waals surface area contributed by atoms with Crippen LogP contribution in [0.2, 0.25) is 0 Å². The molecule has 0 spiro atoms. The standard InChI is InChI=1S/C15H24N2O5S/c1-17(10-11-23(3,19)20)9-8-16-15(18)12-22-14-6-4-13(21-2)5-7-14/h4-7H,8-12H2,1-3H3,(H,16,18). The third-order valence-corrected chi connectivity index (χ3v) is 4.01. The molecule has 0 radical (unpaired) electrons. The van der Waals surface area contributed by atoms with Gasteiger partial charge in [0.05, 0.1) is 12.9 Å². The molecule has 1 aromatic carbocycles. The zero-order chi connectivity index (χ0) is 17.3. The number of benzene rings is 1. The highest BCUT2D eigenvalue weighted by Crippen LogP contribution is 2.16. The third kappa shape index (κ3) is 9.04. The van der Waals surface area contributed by atoms with E-state index in [9.17, 15) is 13.2 Å². The van der Waals surface area contributed by atoms with Gasteiger partial charge in [0.1, 0.15) is 21.3 Å². The predicted octanol–water partition coefficient (Wildman–Crippen LogP) is 0.167. The Morgan fingerprint density at radius 1 is 1.17 bits per heavy atom. The van der Waals surface area contributed by atoms with Crippen molar-refractivity contribution < 1.29 is 22.7 Å². The summed E-state index contributed by atoms with van der Waals surface area (Å²) < 4.78 is 32.5. The number of ether oxygens (including phenoxy) is 2. The lowest BCUT2D eigenvalue weighted by Gasteiger charge is -2.16. The first-order chi connectivity index (χ1) is 10.8. The summed E-state index contributed by atoms with van der Waals surface area (Å²) in [7, 11) is 0.427. The van der Waals surface area contributed by atoms with Crippen LogP contribution in [0.5, 0.6) is 11.5 Å². The van der Waals surface area contributed by atoms with Gasteiger partial charge in [0.2, 0.25) is 0 Å². The Hall–Kier alpha value is -1.80. The summed E-state index contributed by atoms with van der Waals surface area (Å²) in [6.07, 6.45) is 1.21. The van der Waals surface area contributed by atoms with Crippen LogP contribution in [-0.4, -0.2) is 71.6 Å². The van der Waals surface area contributed by atoms with Gasteiger partial charge >= 0.3 is 0 Å². The smallest absolute Gasteiger partial charge is 0.257 e. The maximum absolute atomic E-state index is 11.7. The zero-order valence-electron chi connectivity index (χ0n) is 13.7. The molecule has 0 aromatic heterocycles. The Bertz CT molecular complexity index is 586. The molecular formula is C15H24N2O5S. The fourth-order valence-electron chi connectivity index (χ4n) is 1.69. The quantitative estimate of drug-likeness (QED) is 0.651. The topological polar surface area (TPSA) is 84.9 Å². The van der Waals surface area contributed by atoms with Crippen LogP contribution >= 0.6 is 0 Å². The molecule has 7 nitrogen and oxygen atoms in total. The number of hydrogen-bond acceptors (Lipinski definition) is 6. The molecule has 0 saturated heterocycles. The first kappa shape index (κ1) is 19.2. The molecule has 0 aliphatic heterocycles. The summed E-state index contributed by atoms with van der Waals surface area (Å²) in [6.45, 7) is 1.38. The van der Waals surface area contributed by atoms with E-state index < -0.39 is 9.84 Å². The van der Waals surface area contributed by atoms with Crippen molar-refractivity contribution in [1.82, 2.24) is 10.2 Å². The van der Waals surface area contributed by atoms with Crippen LogP contribution in [0.4, 0.5) is 0 Å². The van der Waals surface area contributed by atoms with E-state index in [1.54, 1.807) is 31.4 Å². The Morgan fingerprint density at radius 2 is 1.78 bits per heavy atom. The Labute approximate surface area is 137 Å². The number of rotatable bonds is 10. The SMILES string of the molecule is COc1ccc(OCC(=O)NCCN(C)CCS(C)(=O)=O)cc1. The minimum atomic E-state index is -2.96. The van der Waals surface area contributed by atoms with Gasteiger partial charge < -0.3 is 19.7 Å². The molecule has 1 N–H and O–H groups in total. The van der Waals surface area contributed by atoms with E-state index in [0.717, 1.165) is 5.75 Å². The summed E-state index contributed by atoms with van der Waals surface area (Å²) in [4.78, 5) is 13.5. The number of amides is 1. The van der Waals surface area contributed by atoms with Crippen LogP contribution < -0.4 is 14.8 Å². The molecule has 0 saturated carbocycles. The fraction of sp³-hybridized carbons (Fsp3) is 0.533. The van der Waals surface area contributed by atoms with Crippen molar-refractivity contribution in [2.45, 2.75) is 0 Å². The molecule has 0 aliphatic carbocycles. The molecule has 8 heteroatoms. The van der Waals surface area contributed by atoms with Crippen molar-refractivity contribution in [2.75, 3.05) is 52.4 Å². The minimum Gasteiger partial charge on any atom is -0.497 e. The van der Waals surface area contributed by atoms with E-state index in [2.05, 4.69) is 5.32 Å². The van der Waals surface area contributed by atoms with Crippen molar-refractivity contribution in [3.05, 3.63) is 24.3 Å². The van der Waals surface area contributed by atoms with Gasteiger partial charge in [-0.25, -0.2) is 8.42 Å². The molecule has 1 amide bonds. The number of carbonyl (C=O) groups is 1. The fourth-order valence-corrected chi connectivity index (χ4v) is 2.33. The van der Waals surface area contributed by atoms with Gasteiger partial charge in [-0.15, -0.1) is 0 Å². The number of sulfone groups is 1.